The van der Waals surface area contributed by atoms with E-state index in [1.165, 1.54) is 16.2 Å². The van der Waals surface area contributed by atoms with Gasteiger partial charge in [-0.25, -0.2) is 4.42 Å². The number of nitrogens with zero attached hydrogens (tertiary/aromatic N) is 5. The quantitative estimate of drug-likeness (QED) is 0.368. The molecule has 5 nitrogen and oxygen atoms in total. The number of aliphatic imine (C=N–C) groups is 1. The zero-order valence-corrected chi connectivity index (χ0v) is 12.1. The second-order valence-electron chi connectivity index (χ2n) is 3.64. The van der Waals surface area contributed by atoms with E-state index in [0.29, 0.717) is 5.17 Å². The van der Waals surface area contributed by atoms with Gasteiger partial charge in [-0.3, -0.25) is 0 Å². The summed E-state index contributed by atoms with van der Waals surface area (Å²) in [6.45, 7) is 0. The van der Waals surface area contributed by atoms with Gasteiger partial charge in [-0.1, -0.05) is 23.9 Å². The third-order valence-corrected chi connectivity index (χ3v) is 3.55. The molecule has 0 atom stereocenters. The van der Waals surface area contributed by atoms with Crippen LogP contribution in [0.2, 0.25) is 0 Å². The van der Waals surface area contributed by atoms with E-state index in [-0.39, 0.29) is 0 Å². The van der Waals surface area contributed by atoms with Crippen LogP contribution in [0.4, 0.5) is 5.69 Å². The van der Waals surface area contributed by atoms with Crippen molar-refractivity contribution in [3.05, 3.63) is 42.6 Å². The van der Waals surface area contributed by atoms with Crippen molar-refractivity contribution >= 4 is 34.4 Å². The third kappa shape index (κ3) is 3.26. The lowest BCUT2D eigenvalue weighted by molar-refractivity contribution is 1.04. The van der Waals surface area contributed by atoms with Gasteiger partial charge in [0.25, 0.3) is 0 Å². The fourth-order valence-corrected chi connectivity index (χ4v) is 2.30. The van der Waals surface area contributed by atoms with Crippen molar-refractivity contribution in [2.24, 2.45) is 4.99 Å². The lowest BCUT2D eigenvalue weighted by Crippen LogP contribution is -2.16. The zero-order valence-electron chi connectivity index (χ0n) is 10.6. The monoisotopic (exact) mass is 303 g/mol. The van der Waals surface area contributed by atoms with Gasteiger partial charge in [0, 0.05) is 23.5 Å². The van der Waals surface area contributed by atoms with E-state index in [2.05, 4.69) is 15.2 Å². The van der Waals surface area contributed by atoms with Crippen molar-refractivity contribution < 1.29 is 0 Å². The third-order valence-electron chi connectivity index (χ3n) is 2.46. The van der Waals surface area contributed by atoms with Crippen molar-refractivity contribution in [3.8, 4) is 17.5 Å². The SMILES string of the molecule is CSC(=NC#N)N(Cl)c1ccc(-c2cccnn2)cc1. The topological polar surface area (TPSA) is 65.2 Å². The number of hydrogen-bond acceptors (Lipinski definition) is 5. The van der Waals surface area contributed by atoms with Gasteiger partial charge < -0.3 is 0 Å². The number of amidine groups is 1. The van der Waals surface area contributed by atoms with Crippen LogP contribution in [0.15, 0.2) is 47.6 Å². The Bertz CT molecular complexity index is 636. The molecular formula is C13H10ClN5S. The summed E-state index contributed by atoms with van der Waals surface area (Å²) in [4.78, 5) is 3.66. The van der Waals surface area contributed by atoms with E-state index in [4.69, 9.17) is 17.0 Å². The molecule has 1 aromatic heterocycles. The van der Waals surface area contributed by atoms with E-state index in [9.17, 15) is 0 Å². The Hall–Kier alpha value is -2.10. The van der Waals surface area contributed by atoms with Gasteiger partial charge in [-0.05, 0) is 30.5 Å². The maximum atomic E-state index is 8.61. The highest BCUT2D eigenvalue weighted by Crippen LogP contribution is 2.24. The molecule has 0 aliphatic rings. The summed E-state index contributed by atoms with van der Waals surface area (Å²) >= 11 is 7.45. The molecule has 0 spiro atoms. The Kier molecular flexibility index (Phi) is 4.93. The number of halogens is 1. The van der Waals surface area contributed by atoms with Gasteiger partial charge >= 0.3 is 0 Å². The standard InChI is InChI=1S/C13H10ClN5S/c1-20-13(16-9-15)19(14)11-6-4-10(5-7-11)12-3-2-8-17-18-12/h2-8H,1H3. The van der Waals surface area contributed by atoms with Crippen LogP contribution in [0.25, 0.3) is 11.3 Å². The largest absolute Gasteiger partial charge is 0.230 e. The molecule has 0 aliphatic heterocycles. The van der Waals surface area contributed by atoms with Crippen LogP contribution < -0.4 is 4.42 Å². The smallest absolute Gasteiger partial charge is 0.208 e. The molecule has 1 aromatic carbocycles. The van der Waals surface area contributed by atoms with E-state index >= 15 is 0 Å². The normalized spacial score (nSPS) is 10.9. The van der Waals surface area contributed by atoms with Crippen molar-refractivity contribution in [2.75, 3.05) is 10.7 Å². The van der Waals surface area contributed by atoms with Gasteiger partial charge in [0.15, 0.2) is 5.17 Å². The first kappa shape index (κ1) is 14.3. The molecule has 7 heteroatoms. The molecule has 0 saturated carbocycles. The van der Waals surface area contributed by atoms with Crippen LogP contribution in [0.1, 0.15) is 0 Å². The van der Waals surface area contributed by atoms with Crippen LogP contribution in [0.3, 0.4) is 0 Å². The minimum absolute atomic E-state index is 0.418. The maximum Gasteiger partial charge on any atom is 0.208 e. The fourth-order valence-electron chi connectivity index (χ4n) is 1.54. The summed E-state index contributed by atoms with van der Waals surface area (Å²) in [6, 6.07) is 11.2. The number of benzene rings is 1. The molecule has 1 heterocycles. The van der Waals surface area contributed by atoms with Crippen molar-refractivity contribution in [1.29, 1.82) is 5.26 Å². The first-order chi connectivity index (χ1) is 9.76. The summed E-state index contributed by atoms with van der Waals surface area (Å²) in [6.07, 6.45) is 5.16. The Morgan fingerprint density at radius 2 is 2.10 bits per heavy atom. The predicted octanol–water partition coefficient (Wildman–Crippen LogP) is 3.30. The van der Waals surface area contributed by atoms with Crippen molar-refractivity contribution in [2.45, 2.75) is 0 Å². The van der Waals surface area contributed by atoms with Gasteiger partial charge in [0.2, 0.25) is 6.19 Å². The lowest BCUT2D eigenvalue weighted by atomic mass is 10.1. The van der Waals surface area contributed by atoms with Gasteiger partial charge in [-0.2, -0.15) is 15.5 Å². The van der Waals surface area contributed by atoms with Crippen LogP contribution in [-0.2, 0) is 0 Å². The van der Waals surface area contributed by atoms with Crippen LogP contribution in [0.5, 0.6) is 0 Å². The molecule has 0 unspecified atom stereocenters. The highest BCUT2D eigenvalue weighted by molar-refractivity contribution is 8.13. The van der Waals surface area contributed by atoms with E-state index in [0.717, 1.165) is 16.9 Å². The minimum Gasteiger partial charge on any atom is -0.230 e. The summed E-state index contributed by atoms with van der Waals surface area (Å²) in [5.74, 6) is 0. The number of thioether (sulfide) groups is 1. The molecule has 0 aliphatic carbocycles. The van der Waals surface area contributed by atoms with Crippen LogP contribution in [0, 0.1) is 11.5 Å². The molecule has 20 heavy (non-hydrogen) atoms. The molecule has 0 radical (unpaired) electrons. The number of nitriles is 1. The lowest BCUT2D eigenvalue weighted by Gasteiger charge is -2.15. The summed E-state index contributed by atoms with van der Waals surface area (Å²) < 4.78 is 1.34. The molecule has 0 N–H and O–H groups in total. The first-order valence-corrected chi connectivity index (χ1v) is 7.17. The summed E-state index contributed by atoms with van der Waals surface area (Å²) in [5.41, 5.74) is 2.45. The summed E-state index contributed by atoms with van der Waals surface area (Å²) in [5, 5.41) is 16.9. The number of aromatic nitrogens is 2. The molecule has 100 valence electrons. The Morgan fingerprint density at radius 1 is 1.35 bits per heavy atom. The maximum absolute atomic E-state index is 8.61. The molecule has 0 bridgehead atoms. The molecular weight excluding hydrogens is 294 g/mol. The highest BCUT2D eigenvalue weighted by atomic mass is 35.5. The number of hydrogen-bond donors (Lipinski definition) is 0. The molecule has 0 saturated heterocycles. The molecule has 2 aromatic rings. The Balaban J connectivity index is 2.25. The average molecular weight is 304 g/mol. The van der Waals surface area contributed by atoms with Crippen LogP contribution in [-0.4, -0.2) is 21.6 Å². The Morgan fingerprint density at radius 3 is 2.65 bits per heavy atom. The average Bonchev–Trinajstić information content (AvgIpc) is 2.53. The molecule has 0 fully saturated rings. The van der Waals surface area contributed by atoms with Gasteiger partial charge in [0.1, 0.15) is 0 Å². The Labute approximate surface area is 126 Å². The zero-order chi connectivity index (χ0) is 14.4. The van der Waals surface area contributed by atoms with E-state index < -0.39 is 0 Å². The summed E-state index contributed by atoms with van der Waals surface area (Å²) in [7, 11) is 0. The van der Waals surface area contributed by atoms with Crippen LogP contribution >= 0.6 is 23.5 Å². The highest BCUT2D eigenvalue weighted by Gasteiger charge is 2.11. The minimum atomic E-state index is 0.418. The molecule has 0 amide bonds. The second kappa shape index (κ2) is 6.89. The number of rotatable bonds is 2. The van der Waals surface area contributed by atoms with E-state index in [1.807, 2.05) is 36.4 Å². The van der Waals surface area contributed by atoms with Crippen molar-refractivity contribution in [1.82, 2.24) is 10.2 Å². The molecule has 2 rings (SSSR count). The van der Waals surface area contributed by atoms with Gasteiger partial charge in [-0.15, -0.1) is 4.99 Å². The van der Waals surface area contributed by atoms with Gasteiger partial charge in [0.05, 0.1) is 11.4 Å². The van der Waals surface area contributed by atoms with Crippen molar-refractivity contribution in [3.63, 3.8) is 0 Å². The van der Waals surface area contributed by atoms with E-state index in [1.54, 1.807) is 18.6 Å². The second-order valence-corrected chi connectivity index (χ2v) is 4.75. The first-order valence-electron chi connectivity index (χ1n) is 5.61. The number of anilines is 1. The predicted molar refractivity (Wildman–Crippen MR) is 82.4 cm³/mol. The fraction of sp³-hybridized carbons (Fsp3) is 0.0769.